The fraction of sp³-hybridized carbons (Fsp3) is 0.750. The molecule has 0 aliphatic carbocycles. The zero-order valence-electron chi connectivity index (χ0n) is 13.8. The number of nitrogens with one attached hydrogen (secondary N) is 1. The highest BCUT2D eigenvalue weighted by molar-refractivity contribution is 6.30. The van der Waals surface area contributed by atoms with Gasteiger partial charge in [-0.05, 0) is 19.8 Å². The predicted molar refractivity (Wildman–Crippen MR) is 88.6 cm³/mol. The molecule has 128 valence electrons. The van der Waals surface area contributed by atoms with E-state index in [1.807, 2.05) is 11.2 Å². The van der Waals surface area contributed by atoms with E-state index in [1.54, 1.807) is 14.0 Å². The Morgan fingerprint density at radius 3 is 2.91 bits per heavy atom. The van der Waals surface area contributed by atoms with Gasteiger partial charge in [0.25, 0.3) is 0 Å². The number of carbonyl (C=O) groups excluding carboxylic acids is 1. The number of nitrogens with zero attached hydrogens (tertiary/aromatic N) is 3. The molecule has 1 spiro atoms. The minimum absolute atomic E-state index is 0.0307. The third kappa shape index (κ3) is 3.12. The first-order valence-corrected chi connectivity index (χ1v) is 8.72. The van der Waals surface area contributed by atoms with Crippen LogP contribution in [0.1, 0.15) is 31.2 Å². The summed E-state index contributed by atoms with van der Waals surface area (Å²) >= 11 is 5.94. The first kappa shape index (κ1) is 16.7. The third-order valence-corrected chi connectivity index (χ3v) is 5.22. The first-order valence-electron chi connectivity index (χ1n) is 8.29. The number of rotatable bonds is 4. The van der Waals surface area contributed by atoms with Crippen LogP contribution in [0.3, 0.4) is 0 Å². The quantitative estimate of drug-likeness (QED) is 0.834. The average molecular weight is 341 g/mol. The van der Waals surface area contributed by atoms with Crippen molar-refractivity contribution in [3.8, 4) is 0 Å². The molecule has 6 nitrogen and oxygen atoms in total. The Morgan fingerprint density at radius 2 is 2.26 bits per heavy atom. The van der Waals surface area contributed by atoms with Crippen LogP contribution >= 0.6 is 11.6 Å². The van der Waals surface area contributed by atoms with Crippen molar-refractivity contribution < 1.29 is 9.53 Å². The van der Waals surface area contributed by atoms with Gasteiger partial charge in [-0.1, -0.05) is 0 Å². The number of aromatic nitrogens is 2. The van der Waals surface area contributed by atoms with Crippen LogP contribution in [0.15, 0.2) is 6.33 Å². The smallest absolute Gasteiger partial charge is 0.240 e. The van der Waals surface area contributed by atoms with Gasteiger partial charge < -0.3 is 19.5 Å². The summed E-state index contributed by atoms with van der Waals surface area (Å²) in [4.78, 5) is 18.7. The summed E-state index contributed by atoms with van der Waals surface area (Å²) in [5, 5.41) is 3.22. The molecule has 1 aromatic rings. The number of imidazole rings is 1. The summed E-state index contributed by atoms with van der Waals surface area (Å²) in [5.74, 6) is 0.0307. The van der Waals surface area contributed by atoms with Crippen molar-refractivity contribution in [2.24, 2.45) is 0 Å². The van der Waals surface area contributed by atoms with Gasteiger partial charge in [0, 0.05) is 45.4 Å². The van der Waals surface area contributed by atoms with Crippen LogP contribution in [0.4, 0.5) is 0 Å². The van der Waals surface area contributed by atoms with Gasteiger partial charge in [-0.2, -0.15) is 0 Å². The molecule has 0 radical (unpaired) electrons. The molecule has 1 aromatic heterocycles. The highest BCUT2D eigenvalue weighted by atomic mass is 35.5. The molecule has 7 heteroatoms. The number of ether oxygens (including phenoxy) is 1. The zero-order valence-corrected chi connectivity index (χ0v) is 14.6. The lowest BCUT2D eigenvalue weighted by Crippen LogP contribution is -2.56. The number of hydrogen-bond acceptors (Lipinski definition) is 4. The van der Waals surface area contributed by atoms with Crippen LogP contribution in [0.5, 0.6) is 0 Å². The minimum atomic E-state index is -0.452. The number of alkyl halides is 1. The number of likely N-dealkylation sites (tertiary alicyclic amines) is 1. The van der Waals surface area contributed by atoms with Crippen molar-refractivity contribution in [3.05, 3.63) is 17.7 Å². The molecule has 0 aromatic carbocycles. The molecule has 0 bridgehead atoms. The van der Waals surface area contributed by atoms with E-state index in [0.29, 0.717) is 6.61 Å². The monoisotopic (exact) mass is 340 g/mol. The fourth-order valence-electron chi connectivity index (χ4n) is 3.73. The van der Waals surface area contributed by atoms with Crippen molar-refractivity contribution in [1.82, 2.24) is 19.8 Å². The molecular weight excluding hydrogens is 316 g/mol. The molecule has 2 aliphatic rings. The first-order chi connectivity index (χ1) is 11.1. The second-order valence-electron chi connectivity index (χ2n) is 6.43. The highest BCUT2D eigenvalue weighted by Gasteiger charge is 2.42. The van der Waals surface area contributed by atoms with Gasteiger partial charge in [0.2, 0.25) is 5.91 Å². The Labute approximate surface area is 142 Å². The van der Waals surface area contributed by atoms with Crippen molar-refractivity contribution >= 4 is 17.5 Å². The summed E-state index contributed by atoms with van der Waals surface area (Å²) < 4.78 is 7.39. The molecule has 1 saturated heterocycles. The third-order valence-electron chi connectivity index (χ3n) is 5.03. The maximum absolute atomic E-state index is 12.1. The summed E-state index contributed by atoms with van der Waals surface area (Å²) in [6.45, 7) is 5.68. The van der Waals surface area contributed by atoms with E-state index < -0.39 is 5.38 Å². The summed E-state index contributed by atoms with van der Waals surface area (Å²) in [6, 6.07) is 0. The van der Waals surface area contributed by atoms with Crippen LogP contribution in [0.25, 0.3) is 0 Å². The van der Waals surface area contributed by atoms with Crippen molar-refractivity contribution in [1.29, 1.82) is 0 Å². The summed E-state index contributed by atoms with van der Waals surface area (Å²) in [7, 11) is 1.72. The molecule has 1 atom stereocenters. The van der Waals surface area contributed by atoms with E-state index in [-0.39, 0.29) is 11.4 Å². The number of carbonyl (C=O) groups is 1. The summed E-state index contributed by atoms with van der Waals surface area (Å²) in [5.41, 5.74) is 2.37. The Morgan fingerprint density at radius 1 is 1.52 bits per heavy atom. The normalized spacial score (nSPS) is 21.3. The lowest BCUT2D eigenvalue weighted by Gasteiger charge is -2.44. The van der Waals surface area contributed by atoms with Crippen LogP contribution < -0.4 is 5.32 Å². The standard InChI is InChI=1S/C16H25ClN4O2/c1-12(17)15(22)20-7-4-16(5-8-20)14-13(3-6-19-16)21(11-18-14)9-10-23-2/h11-12,19H,3-10H2,1-2H3. The highest BCUT2D eigenvalue weighted by Crippen LogP contribution is 2.36. The van der Waals surface area contributed by atoms with Gasteiger partial charge in [0.05, 0.1) is 24.2 Å². The average Bonchev–Trinajstić information content (AvgIpc) is 2.98. The van der Waals surface area contributed by atoms with Crippen LogP contribution in [0.2, 0.25) is 0 Å². The molecular formula is C16H25ClN4O2. The second kappa shape index (κ2) is 6.79. The van der Waals surface area contributed by atoms with E-state index in [1.165, 1.54) is 5.69 Å². The van der Waals surface area contributed by atoms with E-state index in [0.717, 1.165) is 51.1 Å². The number of amides is 1. The van der Waals surface area contributed by atoms with E-state index >= 15 is 0 Å². The number of fused-ring (bicyclic) bond motifs is 2. The number of methoxy groups -OCH3 is 1. The Hall–Kier alpha value is -1.11. The van der Waals surface area contributed by atoms with Crippen molar-refractivity contribution in [2.75, 3.05) is 33.4 Å². The minimum Gasteiger partial charge on any atom is -0.383 e. The van der Waals surface area contributed by atoms with Gasteiger partial charge in [0.15, 0.2) is 0 Å². The van der Waals surface area contributed by atoms with E-state index in [9.17, 15) is 4.79 Å². The molecule has 3 heterocycles. The number of hydrogen-bond donors (Lipinski definition) is 1. The Bertz CT molecular complexity index is 564. The number of halogens is 1. The SMILES string of the molecule is COCCn1cnc2c1CCNC21CCN(C(=O)C(C)Cl)CC1. The fourth-order valence-corrected chi connectivity index (χ4v) is 3.87. The van der Waals surface area contributed by atoms with Gasteiger partial charge in [0.1, 0.15) is 5.38 Å². The van der Waals surface area contributed by atoms with Gasteiger partial charge in [-0.15, -0.1) is 11.6 Å². The maximum atomic E-state index is 12.1. The van der Waals surface area contributed by atoms with Crippen LogP contribution in [-0.4, -0.2) is 59.1 Å². The Balaban J connectivity index is 1.76. The van der Waals surface area contributed by atoms with E-state index in [4.69, 9.17) is 21.3 Å². The molecule has 1 N–H and O–H groups in total. The lowest BCUT2D eigenvalue weighted by atomic mass is 9.80. The van der Waals surface area contributed by atoms with Crippen LogP contribution in [-0.2, 0) is 28.0 Å². The lowest BCUT2D eigenvalue weighted by molar-refractivity contribution is -0.132. The zero-order chi connectivity index (χ0) is 16.4. The molecule has 1 unspecified atom stereocenters. The predicted octanol–water partition coefficient (Wildman–Crippen LogP) is 1.12. The molecule has 1 amide bonds. The molecule has 1 fully saturated rings. The van der Waals surface area contributed by atoms with Gasteiger partial charge in [-0.3, -0.25) is 4.79 Å². The number of piperidine rings is 1. The summed E-state index contributed by atoms with van der Waals surface area (Å²) in [6.07, 6.45) is 4.69. The molecule has 2 aliphatic heterocycles. The Kier molecular flexibility index (Phi) is 4.94. The van der Waals surface area contributed by atoms with E-state index in [2.05, 4.69) is 9.88 Å². The largest absolute Gasteiger partial charge is 0.383 e. The van der Waals surface area contributed by atoms with Gasteiger partial charge >= 0.3 is 0 Å². The van der Waals surface area contributed by atoms with Crippen molar-refractivity contribution in [3.63, 3.8) is 0 Å². The van der Waals surface area contributed by atoms with Crippen molar-refractivity contribution in [2.45, 2.75) is 43.6 Å². The van der Waals surface area contributed by atoms with Gasteiger partial charge in [-0.25, -0.2) is 4.98 Å². The topological polar surface area (TPSA) is 59.4 Å². The second-order valence-corrected chi connectivity index (χ2v) is 7.08. The van der Waals surface area contributed by atoms with Crippen LogP contribution in [0, 0.1) is 0 Å². The molecule has 0 saturated carbocycles. The molecule has 23 heavy (non-hydrogen) atoms. The maximum Gasteiger partial charge on any atom is 0.240 e. The molecule has 3 rings (SSSR count).